The Bertz CT molecular complexity index is 481. The highest BCUT2D eigenvalue weighted by atomic mass is 35.5. The van der Waals surface area contributed by atoms with Gasteiger partial charge in [0.15, 0.2) is 0 Å². The van der Waals surface area contributed by atoms with Crippen LogP contribution in [0.5, 0.6) is 0 Å². The van der Waals surface area contributed by atoms with Crippen molar-refractivity contribution in [1.82, 2.24) is 14.3 Å². The van der Waals surface area contributed by atoms with Crippen molar-refractivity contribution in [3.05, 3.63) is 17.5 Å². The number of anilines is 1. The molecule has 0 aliphatic heterocycles. The highest BCUT2D eigenvalue weighted by Crippen LogP contribution is 2.15. The first-order chi connectivity index (χ1) is 8.45. The van der Waals surface area contributed by atoms with E-state index < -0.39 is 10.0 Å². The zero-order valence-electron chi connectivity index (χ0n) is 10.4. The standard InChI is InChI=1S/C10H17ClN4O2S/c1-3-15(18(2,16)17)6-4-5-13-10-9(11)7-12-8-14-10/h7-8H,3-6H2,1-2H3,(H,12,13,14). The van der Waals surface area contributed by atoms with Crippen LogP contribution in [0.25, 0.3) is 0 Å². The molecule has 0 atom stereocenters. The number of aromatic nitrogens is 2. The van der Waals surface area contributed by atoms with Gasteiger partial charge in [0.1, 0.15) is 17.2 Å². The van der Waals surface area contributed by atoms with E-state index in [4.69, 9.17) is 11.6 Å². The van der Waals surface area contributed by atoms with Crippen molar-refractivity contribution in [2.45, 2.75) is 13.3 Å². The van der Waals surface area contributed by atoms with Crippen LogP contribution in [0.4, 0.5) is 5.82 Å². The lowest BCUT2D eigenvalue weighted by Gasteiger charge is -2.17. The van der Waals surface area contributed by atoms with Gasteiger partial charge in [0.2, 0.25) is 10.0 Å². The van der Waals surface area contributed by atoms with Crippen LogP contribution in [0.15, 0.2) is 12.5 Å². The molecule has 0 amide bonds. The molecule has 0 spiro atoms. The average molecular weight is 293 g/mol. The van der Waals surface area contributed by atoms with E-state index >= 15 is 0 Å². The van der Waals surface area contributed by atoms with Crippen molar-refractivity contribution < 1.29 is 8.42 Å². The average Bonchev–Trinajstić information content (AvgIpc) is 2.29. The van der Waals surface area contributed by atoms with Crippen molar-refractivity contribution in [2.75, 3.05) is 31.2 Å². The molecule has 8 heteroatoms. The molecule has 0 saturated carbocycles. The fourth-order valence-electron chi connectivity index (χ4n) is 1.46. The van der Waals surface area contributed by atoms with E-state index in [-0.39, 0.29) is 0 Å². The van der Waals surface area contributed by atoms with E-state index in [0.717, 1.165) is 0 Å². The highest BCUT2D eigenvalue weighted by molar-refractivity contribution is 7.88. The Morgan fingerprint density at radius 3 is 2.78 bits per heavy atom. The predicted octanol–water partition coefficient (Wildman–Crippen LogP) is 1.21. The molecular formula is C10H17ClN4O2S. The second-order valence-corrected chi connectivity index (χ2v) is 6.14. The number of nitrogens with one attached hydrogen (secondary N) is 1. The summed E-state index contributed by atoms with van der Waals surface area (Å²) in [5, 5.41) is 3.49. The quantitative estimate of drug-likeness (QED) is 0.765. The molecule has 18 heavy (non-hydrogen) atoms. The summed E-state index contributed by atoms with van der Waals surface area (Å²) >= 11 is 5.87. The van der Waals surface area contributed by atoms with E-state index in [0.29, 0.717) is 36.9 Å². The van der Waals surface area contributed by atoms with Gasteiger partial charge in [0.25, 0.3) is 0 Å². The Morgan fingerprint density at radius 2 is 2.22 bits per heavy atom. The molecule has 0 saturated heterocycles. The summed E-state index contributed by atoms with van der Waals surface area (Å²) in [4.78, 5) is 7.75. The van der Waals surface area contributed by atoms with Gasteiger partial charge in [-0.05, 0) is 6.42 Å². The SMILES string of the molecule is CCN(CCCNc1ncncc1Cl)S(C)(=O)=O. The van der Waals surface area contributed by atoms with Crippen LogP contribution in [0.3, 0.4) is 0 Å². The summed E-state index contributed by atoms with van der Waals surface area (Å²) in [7, 11) is -3.11. The topological polar surface area (TPSA) is 75.2 Å². The first-order valence-corrected chi connectivity index (χ1v) is 7.82. The van der Waals surface area contributed by atoms with Gasteiger partial charge < -0.3 is 5.32 Å². The van der Waals surface area contributed by atoms with E-state index in [2.05, 4.69) is 15.3 Å². The molecule has 0 fully saturated rings. The number of halogens is 1. The third-order valence-corrected chi connectivity index (χ3v) is 4.02. The minimum Gasteiger partial charge on any atom is -0.369 e. The molecule has 102 valence electrons. The van der Waals surface area contributed by atoms with Gasteiger partial charge in [-0.1, -0.05) is 18.5 Å². The lowest BCUT2D eigenvalue weighted by atomic mass is 10.4. The van der Waals surface area contributed by atoms with E-state index in [1.165, 1.54) is 23.1 Å². The summed E-state index contributed by atoms with van der Waals surface area (Å²) < 4.78 is 24.1. The Morgan fingerprint density at radius 1 is 1.50 bits per heavy atom. The largest absolute Gasteiger partial charge is 0.369 e. The summed E-state index contributed by atoms with van der Waals surface area (Å²) in [6, 6.07) is 0. The maximum atomic E-state index is 11.3. The molecule has 6 nitrogen and oxygen atoms in total. The zero-order chi connectivity index (χ0) is 13.6. The molecule has 0 aliphatic rings. The van der Waals surface area contributed by atoms with Gasteiger partial charge in [0.05, 0.1) is 12.5 Å². The summed E-state index contributed by atoms with van der Waals surface area (Å²) in [5.41, 5.74) is 0. The number of rotatable bonds is 7. The van der Waals surface area contributed by atoms with Crippen LogP contribution in [0, 0.1) is 0 Å². The second kappa shape index (κ2) is 6.86. The molecule has 0 unspecified atom stereocenters. The maximum absolute atomic E-state index is 11.3. The van der Waals surface area contributed by atoms with Gasteiger partial charge in [0, 0.05) is 19.6 Å². The molecule has 1 aromatic rings. The first kappa shape index (κ1) is 15.1. The van der Waals surface area contributed by atoms with E-state index in [9.17, 15) is 8.42 Å². The fourth-order valence-corrected chi connectivity index (χ4v) is 2.57. The third kappa shape index (κ3) is 4.75. The maximum Gasteiger partial charge on any atom is 0.211 e. The molecule has 0 aliphatic carbocycles. The van der Waals surface area contributed by atoms with Gasteiger partial charge in [-0.25, -0.2) is 22.7 Å². The van der Waals surface area contributed by atoms with Crippen molar-refractivity contribution in [1.29, 1.82) is 0 Å². The van der Waals surface area contributed by atoms with Crippen molar-refractivity contribution in [3.8, 4) is 0 Å². The Kier molecular flexibility index (Phi) is 5.77. The van der Waals surface area contributed by atoms with Crippen molar-refractivity contribution >= 4 is 27.4 Å². The molecule has 1 rings (SSSR count). The Hall–Kier alpha value is -0.920. The Balaban J connectivity index is 2.37. The normalized spacial score (nSPS) is 11.8. The van der Waals surface area contributed by atoms with E-state index in [1.54, 1.807) is 0 Å². The third-order valence-electron chi connectivity index (χ3n) is 2.37. The molecule has 1 N–H and O–H groups in total. The van der Waals surface area contributed by atoms with Gasteiger partial charge in [-0.3, -0.25) is 0 Å². The monoisotopic (exact) mass is 292 g/mol. The van der Waals surface area contributed by atoms with Gasteiger partial charge in [-0.15, -0.1) is 0 Å². The summed E-state index contributed by atoms with van der Waals surface area (Å²) in [5.74, 6) is 0.564. The molecule has 0 aromatic carbocycles. The summed E-state index contributed by atoms with van der Waals surface area (Å²) in [6.45, 7) is 3.37. The number of hydrogen-bond donors (Lipinski definition) is 1. The highest BCUT2D eigenvalue weighted by Gasteiger charge is 2.13. The second-order valence-electron chi connectivity index (χ2n) is 3.75. The zero-order valence-corrected chi connectivity index (χ0v) is 12.0. The first-order valence-electron chi connectivity index (χ1n) is 5.59. The van der Waals surface area contributed by atoms with Crippen molar-refractivity contribution in [3.63, 3.8) is 0 Å². The minimum absolute atomic E-state index is 0.452. The molecular weight excluding hydrogens is 276 g/mol. The lowest BCUT2D eigenvalue weighted by Crippen LogP contribution is -2.31. The van der Waals surface area contributed by atoms with Crippen LogP contribution in [0.2, 0.25) is 5.02 Å². The molecule has 1 heterocycles. The van der Waals surface area contributed by atoms with Crippen LogP contribution in [-0.2, 0) is 10.0 Å². The lowest BCUT2D eigenvalue weighted by molar-refractivity contribution is 0.428. The van der Waals surface area contributed by atoms with Crippen LogP contribution in [-0.4, -0.2) is 48.6 Å². The van der Waals surface area contributed by atoms with Gasteiger partial charge in [-0.2, -0.15) is 0 Å². The minimum atomic E-state index is -3.11. The van der Waals surface area contributed by atoms with Crippen LogP contribution in [0.1, 0.15) is 13.3 Å². The smallest absolute Gasteiger partial charge is 0.211 e. The molecule has 1 aromatic heterocycles. The predicted molar refractivity (Wildman–Crippen MR) is 72.2 cm³/mol. The van der Waals surface area contributed by atoms with Gasteiger partial charge >= 0.3 is 0 Å². The Labute approximate surface area is 112 Å². The number of sulfonamides is 1. The van der Waals surface area contributed by atoms with E-state index in [1.807, 2.05) is 6.92 Å². The van der Waals surface area contributed by atoms with Crippen molar-refractivity contribution in [2.24, 2.45) is 0 Å². The molecule has 0 radical (unpaired) electrons. The number of nitrogens with zero attached hydrogens (tertiary/aromatic N) is 3. The molecule has 0 bridgehead atoms. The van der Waals surface area contributed by atoms with Crippen LogP contribution >= 0.6 is 11.6 Å². The summed E-state index contributed by atoms with van der Waals surface area (Å²) in [6.07, 6.45) is 4.81. The van der Waals surface area contributed by atoms with Crippen LogP contribution < -0.4 is 5.32 Å². The fraction of sp³-hybridized carbons (Fsp3) is 0.600. The number of hydrogen-bond acceptors (Lipinski definition) is 5.